The second-order valence-corrected chi connectivity index (χ2v) is 9.14. The summed E-state index contributed by atoms with van der Waals surface area (Å²) in [6, 6.07) is 17.4. The van der Waals surface area contributed by atoms with Gasteiger partial charge in [0.15, 0.2) is 0 Å². The molecule has 0 atom stereocenters. The molecule has 2 aromatic carbocycles. The van der Waals surface area contributed by atoms with Gasteiger partial charge in [-0.1, -0.05) is 34.1 Å². The standard InChI is InChI=1S/C21H17BrN2O4S/c1-14-5-2-3-7-18(14)19-24-21(20(28-19)23-13-16-6-4-12-27-16)29(25,26)17-10-8-15(22)9-11-17/h2-12,23H,13H2,1H3. The summed E-state index contributed by atoms with van der Waals surface area (Å²) in [5, 5.41) is 2.84. The molecule has 2 aromatic heterocycles. The number of sulfone groups is 1. The molecule has 0 aliphatic heterocycles. The Morgan fingerprint density at radius 2 is 1.79 bits per heavy atom. The van der Waals surface area contributed by atoms with Crippen molar-refractivity contribution < 1.29 is 17.3 Å². The number of aryl methyl sites for hydroxylation is 1. The van der Waals surface area contributed by atoms with Crippen molar-refractivity contribution in [3.8, 4) is 11.5 Å². The molecule has 0 saturated carbocycles. The van der Waals surface area contributed by atoms with E-state index in [2.05, 4.69) is 26.2 Å². The van der Waals surface area contributed by atoms with Gasteiger partial charge in [-0.05, 0) is 55.0 Å². The van der Waals surface area contributed by atoms with E-state index in [1.165, 1.54) is 12.1 Å². The van der Waals surface area contributed by atoms with Crippen molar-refractivity contribution in [1.29, 1.82) is 0 Å². The van der Waals surface area contributed by atoms with Crippen LogP contribution < -0.4 is 5.32 Å². The Labute approximate surface area is 176 Å². The van der Waals surface area contributed by atoms with E-state index in [-0.39, 0.29) is 28.2 Å². The van der Waals surface area contributed by atoms with Gasteiger partial charge in [-0.3, -0.25) is 0 Å². The summed E-state index contributed by atoms with van der Waals surface area (Å²) in [4.78, 5) is 4.48. The third-order valence-electron chi connectivity index (χ3n) is 4.35. The Hall–Kier alpha value is -2.84. The number of oxazole rings is 1. The number of hydrogen-bond donors (Lipinski definition) is 1. The number of rotatable bonds is 6. The Morgan fingerprint density at radius 1 is 1.03 bits per heavy atom. The number of hydrogen-bond acceptors (Lipinski definition) is 6. The van der Waals surface area contributed by atoms with E-state index < -0.39 is 9.84 Å². The van der Waals surface area contributed by atoms with Gasteiger partial charge in [0, 0.05) is 10.0 Å². The van der Waals surface area contributed by atoms with Gasteiger partial charge in [0.2, 0.25) is 26.6 Å². The minimum absolute atomic E-state index is 0.0718. The Bertz CT molecular complexity index is 1230. The zero-order chi connectivity index (χ0) is 20.4. The van der Waals surface area contributed by atoms with Crippen LogP contribution in [0.25, 0.3) is 11.5 Å². The topological polar surface area (TPSA) is 85.3 Å². The van der Waals surface area contributed by atoms with Crippen molar-refractivity contribution in [3.63, 3.8) is 0 Å². The number of furan rings is 1. The summed E-state index contributed by atoms with van der Waals surface area (Å²) >= 11 is 3.32. The molecule has 0 saturated heterocycles. The SMILES string of the molecule is Cc1ccccc1-c1nc(S(=O)(=O)c2ccc(Br)cc2)c(NCc2ccco2)o1. The van der Waals surface area contributed by atoms with Gasteiger partial charge in [0.05, 0.1) is 17.7 Å². The third kappa shape index (κ3) is 3.99. The number of nitrogens with zero attached hydrogens (tertiary/aromatic N) is 1. The fourth-order valence-electron chi connectivity index (χ4n) is 2.83. The van der Waals surface area contributed by atoms with Gasteiger partial charge in [0.25, 0.3) is 0 Å². The van der Waals surface area contributed by atoms with Gasteiger partial charge >= 0.3 is 0 Å². The highest BCUT2D eigenvalue weighted by Gasteiger charge is 2.29. The number of benzene rings is 2. The third-order valence-corrected chi connectivity index (χ3v) is 6.56. The van der Waals surface area contributed by atoms with Crippen LogP contribution in [0, 0.1) is 6.92 Å². The van der Waals surface area contributed by atoms with E-state index >= 15 is 0 Å². The first-order valence-corrected chi connectivity index (χ1v) is 11.1. The van der Waals surface area contributed by atoms with Gasteiger partial charge in [0.1, 0.15) is 5.76 Å². The van der Waals surface area contributed by atoms with Crippen LogP contribution in [0.3, 0.4) is 0 Å². The molecule has 0 unspecified atom stereocenters. The van der Waals surface area contributed by atoms with Crippen molar-refractivity contribution in [2.45, 2.75) is 23.4 Å². The normalized spacial score (nSPS) is 11.5. The molecule has 8 heteroatoms. The van der Waals surface area contributed by atoms with Gasteiger partial charge in [-0.15, -0.1) is 0 Å². The monoisotopic (exact) mass is 472 g/mol. The summed E-state index contributed by atoms with van der Waals surface area (Å²) in [7, 11) is -3.90. The maximum absolute atomic E-state index is 13.3. The van der Waals surface area contributed by atoms with Gasteiger partial charge < -0.3 is 14.2 Å². The highest BCUT2D eigenvalue weighted by molar-refractivity contribution is 9.10. The van der Waals surface area contributed by atoms with Crippen molar-refractivity contribution in [1.82, 2.24) is 4.98 Å². The Morgan fingerprint density at radius 3 is 2.48 bits per heavy atom. The molecule has 29 heavy (non-hydrogen) atoms. The summed E-state index contributed by atoms with van der Waals surface area (Å²) < 4.78 is 38.5. The number of nitrogens with one attached hydrogen (secondary N) is 1. The number of halogens is 1. The zero-order valence-corrected chi connectivity index (χ0v) is 17.8. The first kappa shape index (κ1) is 19.5. The molecule has 0 bridgehead atoms. The van der Waals surface area contributed by atoms with Crippen LogP contribution >= 0.6 is 15.9 Å². The van der Waals surface area contributed by atoms with Crippen molar-refractivity contribution in [2.75, 3.05) is 5.32 Å². The summed E-state index contributed by atoms with van der Waals surface area (Å²) in [6.07, 6.45) is 1.55. The molecular weight excluding hydrogens is 456 g/mol. The second kappa shape index (κ2) is 7.88. The van der Waals surface area contributed by atoms with Crippen LogP contribution in [0.2, 0.25) is 0 Å². The molecule has 0 aliphatic carbocycles. The lowest BCUT2D eigenvalue weighted by Crippen LogP contribution is -2.07. The zero-order valence-electron chi connectivity index (χ0n) is 15.4. The van der Waals surface area contributed by atoms with E-state index in [1.807, 2.05) is 31.2 Å². The molecule has 2 heterocycles. The predicted octanol–water partition coefficient (Wildman–Crippen LogP) is 5.45. The highest BCUT2D eigenvalue weighted by atomic mass is 79.9. The average Bonchev–Trinajstić information content (AvgIpc) is 3.37. The van der Waals surface area contributed by atoms with Crippen molar-refractivity contribution in [2.24, 2.45) is 0 Å². The van der Waals surface area contributed by atoms with E-state index in [4.69, 9.17) is 8.83 Å². The number of aromatic nitrogens is 1. The van der Waals surface area contributed by atoms with E-state index in [0.717, 1.165) is 15.6 Å². The van der Waals surface area contributed by atoms with Crippen LogP contribution in [0.1, 0.15) is 11.3 Å². The van der Waals surface area contributed by atoms with Gasteiger partial charge in [-0.25, -0.2) is 8.42 Å². The lowest BCUT2D eigenvalue weighted by molar-refractivity contribution is 0.511. The van der Waals surface area contributed by atoms with Gasteiger partial charge in [-0.2, -0.15) is 4.98 Å². The summed E-state index contributed by atoms with van der Waals surface area (Å²) in [5.74, 6) is 0.953. The fraction of sp³-hybridized carbons (Fsp3) is 0.0952. The molecule has 0 aliphatic rings. The highest BCUT2D eigenvalue weighted by Crippen LogP contribution is 2.34. The molecule has 0 spiro atoms. The summed E-state index contributed by atoms with van der Waals surface area (Å²) in [6.45, 7) is 2.18. The molecule has 0 radical (unpaired) electrons. The molecule has 148 valence electrons. The molecule has 4 rings (SSSR count). The Kier molecular flexibility index (Phi) is 5.29. The molecule has 0 fully saturated rings. The molecule has 1 N–H and O–H groups in total. The van der Waals surface area contributed by atoms with E-state index in [1.54, 1.807) is 30.5 Å². The first-order valence-electron chi connectivity index (χ1n) is 8.79. The quantitative estimate of drug-likeness (QED) is 0.401. The van der Waals surface area contributed by atoms with Crippen LogP contribution in [0.15, 0.2) is 90.2 Å². The first-order chi connectivity index (χ1) is 13.9. The maximum atomic E-state index is 13.3. The summed E-state index contributed by atoms with van der Waals surface area (Å²) in [5.41, 5.74) is 1.66. The van der Waals surface area contributed by atoms with Crippen LogP contribution in [0.4, 0.5) is 5.88 Å². The van der Waals surface area contributed by atoms with E-state index in [9.17, 15) is 8.42 Å². The lowest BCUT2D eigenvalue weighted by atomic mass is 10.1. The van der Waals surface area contributed by atoms with E-state index in [0.29, 0.717) is 5.76 Å². The molecule has 4 aromatic rings. The lowest BCUT2D eigenvalue weighted by Gasteiger charge is -2.05. The molecular formula is C21H17BrN2O4S. The fourth-order valence-corrected chi connectivity index (χ4v) is 4.38. The van der Waals surface area contributed by atoms with Crippen LogP contribution in [-0.2, 0) is 16.4 Å². The minimum Gasteiger partial charge on any atom is -0.467 e. The smallest absolute Gasteiger partial charge is 0.234 e. The average molecular weight is 473 g/mol. The van der Waals surface area contributed by atoms with Crippen LogP contribution in [-0.4, -0.2) is 13.4 Å². The number of anilines is 1. The second-order valence-electron chi connectivity index (χ2n) is 6.36. The van der Waals surface area contributed by atoms with Crippen molar-refractivity contribution in [3.05, 3.63) is 82.7 Å². The van der Waals surface area contributed by atoms with Crippen molar-refractivity contribution >= 4 is 31.7 Å². The van der Waals surface area contributed by atoms with Crippen LogP contribution in [0.5, 0.6) is 0 Å². The molecule has 6 nitrogen and oxygen atoms in total. The molecule has 0 amide bonds. The largest absolute Gasteiger partial charge is 0.467 e. The Balaban J connectivity index is 1.80. The maximum Gasteiger partial charge on any atom is 0.234 e. The minimum atomic E-state index is -3.90. The predicted molar refractivity (Wildman–Crippen MR) is 112 cm³/mol.